The fraction of sp³-hybridized carbons (Fsp3) is 0.500. The molecule has 1 aromatic heterocycles. The van der Waals surface area contributed by atoms with Crippen molar-refractivity contribution in [3.05, 3.63) is 38.2 Å². The highest BCUT2D eigenvalue weighted by Crippen LogP contribution is 2.18. The van der Waals surface area contributed by atoms with Crippen molar-refractivity contribution in [3.63, 3.8) is 0 Å². The van der Waals surface area contributed by atoms with Gasteiger partial charge in [0.2, 0.25) is 0 Å². The van der Waals surface area contributed by atoms with E-state index < -0.39 is 4.92 Å². The second kappa shape index (κ2) is 5.13. The minimum absolute atomic E-state index is 0.418. The zero-order chi connectivity index (χ0) is 12.3. The van der Waals surface area contributed by atoms with E-state index in [4.69, 9.17) is 0 Å². The van der Waals surface area contributed by atoms with Gasteiger partial charge in [-0.25, -0.2) is 4.98 Å². The molecular formula is C10H14N4O2S. The molecule has 6 nitrogen and oxygen atoms in total. The molecule has 0 amide bonds. The van der Waals surface area contributed by atoms with Crippen molar-refractivity contribution >= 4 is 11.3 Å². The molecule has 92 valence electrons. The van der Waals surface area contributed by atoms with Crippen molar-refractivity contribution in [2.75, 3.05) is 13.1 Å². The first-order valence-corrected chi connectivity index (χ1v) is 6.22. The Labute approximate surface area is 103 Å². The molecule has 2 rings (SSSR count). The first-order chi connectivity index (χ1) is 8.15. The number of rotatable bonds is 3. The van der Waals surface area contributed by atoms with Crippen molar-refractivity contribution in [1.29, 1.82) is 0 Å². The van der Waals surface area contributed by atoms with Crippen LogP contribution in [0.2, 0.25) is 0 Å². The molecule has 1 aliphatic rings. The van der Waals surface area contributed by atoms with E-state index in [1.165, 1.54) is 0 Å². The van der Waals surface area contributed by atoms with E-state index in [0.717, 1.165) is 35.6 Å². The average Bonchev–Trinajstić information content (AvgIpc) is 2.66. The van der Waals surface area contributed by atoms with Crippen LogP contribution < -0.4 is 5.32 Å². The number of nitrogens with one attached hydrogen (secondary N) is 1. The van der Waals surface area contributed by atoms with Gasteiger partial charge in [-0.1, -0.05) is 0 Å². The Hall–Kier alpha value is -1.63. The van der Waals surface area contributed by atoms with E-state index in [9.17, 15) is 10.1 Å². The molecule has 1 saturated heterocycles. The largest absolute Gasteiger partial charge is 0.367 e. The molecule has 0 aromatic carbocycles. The zero-order valence-electron chi connectivity index (χ0n) is 9.55. The van der Waals surface area contributed by atoms with E-state index in [0.29, 0.717) is 12.4 Å². The van der Waals surface area contributed by atoms with Crippen LogP contribution in [0.4, 0.5) is 0 Å². The average molecular weight is 254 g/mol. The van der Waals surface area contributed by atoms with Crippen LogP contribution in [0.15, 0.2) is 18.2 Å². The maximum absolute atomic E-state index is 10.5. The highest BCUT2D eigenvalue weighted by molar-refractivity contribution is 7.11. The molecular weight excluding hydrogens is 240 g/mol. The lowest BCUT2D eigenvalue weighted by Gasteiger charge is -2.30. The summed E-state index contributed by atoms with van der Waals surface area (Å²) in [6, 6.07) is 0. The molecule has 2 heterocycles. The fourth-order valence-corrected chi connectivity index (χ4v) is 2.59. The molecule has 17 heavy (non-hydrogen) atoms. The quantitative estimate of drug-likeness (QED) is 0.650. The lowest BCUT2D eigenvalue weighted by molar-refractivity contribution is -0.405. The highest BCUT2D eigenvalue weighted by atomic mass is 32.1. The van der Waals surface area contributed by atoms with Crippen molar-refractivity contribution in [2.24, 2.45) is 0 Å². The van der Waals surface area contributed by atoms with Crippen LogP contribution in [0.25, 0.3) is 0 Å². The lowest BCUT2D eigenvalue weighted by Crippen LogP contribution is -2.39. The topological polar surface area (TPSA) is 71.3 Å². The summed E-state index contributed by atoms with van der Waals surface area (Å²) in [4.78, 5) is 17.4. The molecule has 0 bridgehead atoms. The standard InChI is InChI=1S/C10H14N4O2S/c1-8-12-5-9(17-8)6-13-4-2-3-11-10(13)7-14(15)16/h5,7,11H,2-4,6H2,1H3/b10-7-. The second-order valence-corrected chi connectivity index (χ2v) is 5.17. The van der Waals surface area contributed by atoms with E-state index >= 15 is 0 Å². The molecule has 1 aliphatic heterocycles. The normalized spacial score (nSPS) is 18.2. The van der Waals surface area contributed by atoms with Crippen LogP contribution in [0, 0.1) is 17.0 Å². The summed E-state index contributed by atoms with van der Waals surface area (Å²) in [6.07, 6.45) is 3.86. The Morgan fingerprint density at radius 3 is 3.24 bits per heavy atom. The number of hydrogen-bond acceptors (Lipinski definition) is 6. The summed E-state index contributed by atoms with van der Waals surface area (Å²) in [5.74, 6) is 0.590. The molecule has 1 fully saturated rings. The molecule has 0 aliphatic carbocycles. The third-order valence-electron chi connectivity index (χ3n) is 2.50. The molecule has 0 saturated carbocycles. The van der Waals surface area contributed by atoms with E-state index in [-0.39, 0.29) is 0 Å². The Morgan fingerprint density at radius 2 is 2.59 bits per heavy atom. The summed E-state index contributed by atoms with van der Waals surface area (Å²) >= 11 is 1.62. The minimum Gasteiger partial charge on any atom is -0.367 e. The maximum atomic E-state index is 10.5. The van der Waals surface area contributed by atoms with Crippen molar-refractivity contribution < 1.29 is 4.92 Å². The third-order valence-corrected chi connectivity index (χ3v) is 3.39. The predicted octanol–water partition coefficient (Wildman–Crippen LogP) is 1.32. The van der Waals surface area contributed by atoms with Crippen molar-refractivity contribution in [3.8, 4) is 0 Å². The Kier molecular flexibility index (Phi) is 3.58. The first kappa shape index (κ1) is 11.8. The van der Waals surface area contributed by atoms with Gasteiger partial charge < -0.3 is 10.2 Å². The molecule has 0 radical (unpaired) electrons. The molecule has 0 atom stereocenters. The number of aromatic nitrogens is 1. The number of nitro groups is 1. The van der Waals surface area contributed by atoms with Crippen molar-refractivity contribution in [2.45, 2.75) is 19.9 Å². The van der Waals surface area contributed by atoms with Gasteiger partial charge in [0, 0.05) is 24.2 Å². The molecule has 7 heteroatoms. The molecule has 0 spiro atoms. The molecule has 1 N–H and O–H groups in total. The summed E-state index contributed by atoms with van der Waals surface area (Å²) < 4.78 is 0. The highest BCUT2D eigenvalue weighted by Gasteiger charge is 2.18. The van der Waals surface area contributed by atoms with Crippen LogP contribution in [0.5, 0.6) is 0 Å². The van der Waals surface area contributed by atoms with Gasteiger partial charge in [-0.05, 0) is 13.3 Å². The number of hydrogen-bond donors (Lipinski definition) is 1. The smallest absolute Gasteiger partial charge is 0.274 e. The maximum Gasteiger partial charge on any atom is 0.274 e. The van der Waals surface area contributed by atoms with Gasteiger partial charge in [0.15, 0.2) is 5.82 Å². The summed E-state index contributed by atoms with van der Waals surface area (Å²) in [5.41, 5.74) is 0. The Morgan fingerprint density at radius 1 is 1.76 bits per heavy atom. The van der Waals surface area contributed by atoms with Gasteiger partial charge in [0.05, 0.1) is 16.5 Å². The first-order valence-electron chi connectivity index (χ1n) is 5.40. The number of aryl methyl sites for hydroxylation is 1. The van der Waals surface area contributed by atoms with Crippen LogP contribution in [0.3, 0.4) is 0 Å². The van der Waals surface area contributed by atoms with Crippen LogP contribution in [0.1, 0.15) is 16.3 Å². The molecule has 0 unspecified atom stereocenters. The van der Waals surface area contributed by atoms with Gasteiger partial charge in [0.1, 0.15) is 0 Å². The van der Waals surface area contributed by atoms with Gasteiger partial charge >= 0.3 is 0 Å². The summed E-state index contributed by atoms with van der Waals surface area (Å²) in [5, 5.41) is 14.6. The molecule has 1 aromatic rings. The minimum atomic E-state index is -0.418. The predicted molar refractivity (Wildman–Crippen MR) is 65.0 cm³/mol. The van der Waals surface area contributed by atoms with Gasteiger partial charge in [-0.2, -0.15) is 0 Å². The lowest BCUT2D eigenvalue weighted by atomic mass is 10.3. The van der Waals surface area contributed by atoms with Gasteiger partial charge in [-0.3, -0.25) is 10.1 Å². The Balaban J connectivity index is 2.09. The van der Waals surface area contributed by atoms with Crippen LogP contribution in [-0.4, -0.2) is 27.9 Å². The second-order valence-electron chi connectivity index (χ2n) is 3.85. The van der Waals surface area contributed by atoms with Gasteiger partial charge in [0.25, 0.3) is 6.20 Å². The van der Waals surface area contributed by atoms with E-state index in [1.807, 2.05) is 18.0 Å². The third kappa shape index (κ3) is 3.16. The SMILES string of the molecule is Cc1ncc(CN2CCCN/C2=C/[N+](=O)[O-])s1. The van der Waals surface area contributed by atoms with E-state index in [2.05, 4.69) is 10.3 Å². The zero-order valence-corrected chi connectivity index (χ0v) is 10.4. The monoisotopic (exact) mass is 254 g/mol. The van der Waals surface area contributed by atoms with Crippen LogP contribution >= 0.6 is 11.3 Å². The Bertz CT molecular complexity index is 443. The fourth-order valence-electron chi connectivity index (χ4n) is 1.78. The number of thiazole rings is 1. The number of nitrogens with zero attached hydrogens (tertiary/aromatic N) is 3. The van der Waals surface area contributed by atoms with Gasteiger partial charge in [-0.15, -0.1) is 11.3 Å². The van der Waals surface area contributed by atoms with Crippen LogP contribution in [-0.2, 0) is 6.54 Å². The van der Waals surface area contributed by atoms with E-state index in [1.54, 1.807) is 11.3 Å². The summed E-state index contributed by atoms with van der Waals surface area (Å²) in [7, 11) is 0. The summed E-state index contributed by atoms with van der Waals surface area (Å²) in [6.45, 7) is 4.26. The van der Waals surface area contributed by atoms with Crippen molar-refractivity contribution in [1.82, 2.24) is 15.2 Å².